The van der Waals surface area contributed by atoms with E-state index in [-0.39, 0.29) is 64.8 Å². The normalized spacial score (nSPS) is 13.8. The minimum atomic E-state index is -3.85. The Balaban J connectivity index is 0.00000280. The Hall–Kier alpha value is -2.83. The average molecular weight is 649 g/mol. The molecule has 1 aromatic heterocycles. The molecule has 2 heterocycles. The summed E-state index contributed by atoms with van der Waals surface area (Å²) in [6, 6.07) is 12.7. The molecule has 226 valence electrons. The Morgan fingerprint density at radius 2 is 1.63 bits per heavy atom. The number of pyridine rings is 1. The summed E-state index contributed by atoms with van der Waals surface area (Å²) in [5.41, 5.74) is 1.25. The Morgan fingerprint density at radius 1 is 0.976 bits per heavy atom. The molecule has 0 bridgehead atoms. The fourth-order valence-electron chi connectivity index (χ4n) is 4.41. The first-order valence-corrected chi connectivity index (χ1v) is 13.8. The quantitative estimate of drug-likeness (QED) is 0.345. The first-order valence-electron chi connectivity index (χ1n) is 12.4. The number of carbonyl (C=O) groups excluding carboxylic acids is 1. The summed E-state index contributed by atoms with van der Waals surface area (Å²) in [7, 11) is -3.85. The summed E-state index contributed by atoms with van der Waals surface area (Å²) in [6.45, 7) is 10.4. The number of anilines is 2. The second-order valence-corrected chi connectivity index (χ2v) is 12.2. The number of amides is 1. The molecule has 1 aliphatic rings. The lowest BCUT2D eigenvalue weighted by Crippen LogP contribution is -2.52. The van der Waals surface area contributed by atoms with Crippen LogP contribution < -0.4 is 14.9 Å². The minimum Gasteiger partial charge on any atom is -0.478 e. The largest absolute Gasteiger partial charge is 0.478 e. The van der Waals surface area contributed by atoms with Crippen LogP contribution >= 0.6 is 37.2 Å². The highest BCUT2D eigenvalue weighted by molar-refractivity contribution is 7.92. The number of sulfonamides is 1. The van der Waals surface area contributed by atoms with Gasteiger partial charge in [-0.2, -0.15) is 0 Å². The lowest BCUT2D eigenvalue weighted by atomic mass is 10.1. The molecule has 0 saturated carbocycles. The molecule has 4 rings (SSSR count). The van der Waals surface area contributed by atoms with Crippen molar-refractivity contribution in [2.45, 2.75) is 38.1 Å². The molecule has 1 aliphatic heterocycles. The molecule has 0 atom stereocenters. The third kappa shape index (κ3) is 9.34. The summed E-state index contributed by atoms with van der Waals surface area (Å²) < 4.78 is 28.2. The van der Waals surface area contributed by atoms with Gasteiger partial charge in [0.15, 0.2) is 0 Å². The molecule has 10 nitrogen and oxygen atoms in total. The molecule has 1 saturated heterocycles. The van der Waals surface area contributed by atoms with Crippen molar-refractivity contribution in [2.24, 2.45) is 0 Å². The Kier molecular flexibility index (Phi) is 12.7. The van der Waals surface area contributed by atoms with Crippen LogP contribution in [0.3, 0.4) is 0 Å². The molecule has 0 unspecified atom stereocenters. The molecule has 3 aromatic rings. The van der Waals surface area contributed by atoms with Crippen molar-refractivity contribution in [3.63, 3.8) is 0 Å². The van der Waals surface area contributed by atoms with E-state index < -0.39 is 16.0 Å². The number of piperazine rings is 1. The first kappa shape index (κ1) is 36.2. The van der Waals surface area contributed by atoms with Crippen LogP contribution in [0.2, 0.25) is 0 Å². The maximum absolute atomic E-state index is 12.9. The van der Waals surface area contributed by atoms with Crippen LogP contribution in [0.5, 0.6) is 0 Å². The van der Waals surface area contributed by atoms with Crippen LogP contribution in [0.15, 0.2) is 53.4 Å². The number of carbonyl (C=O) groups is 2. The van der Waals surface area contributed by atoms with E-state index in [4.69, 9.17) is 0 Å². The fraction of sp³-hybridized carbons (Fsp3) is 0.370. The van der Waals surface area contributed by atoms with E-state index in [0.29, 0.717) is 49.4 Å². The van der Waals surface area contributed by atoms with Gasteiger partial charge in [-0.05, 0) is 69.7 Å². The van der Waals surface area contributed by atoms with E-state index in [1.54, 1.807) is 37.3 Å². The smallest absolute Gasteiger partial charge is 0.336 e. The van der Waals surface area contributed by atoms with Crippen LogP contribution in [0.4, 0.5) is 11.5 Å². The summed E-state index contributed by atoms with van der Waals surface area (Å²) >= 11 is 0. The van der Waals surface area contributed by atoms with Crippen molar-refractivity contribution in [1.82, 2.24) is 15.2 Å². The van der Waals surface area contributed by atoms with E-state index >= 15 is 0 Å². The number of halogens is 3. The highest BCUT2D eigenvalue weighted by Crippen LogP contribution is 2.28. The van der Waals surface area contributed by atoms with Crippen LogP contribution in [0.1, 0.15) is 36.7 Å². The molecule has 0 radical (unpaired) electrons. The zero-order valence-corrected chi connectivity index (χ0v) is 26.5. The van der Waals surface area contributed by atoms with Crippen LogP contribution in [-0.2, 0) is 14.8 Å². The van der Waals surface area contributed by atoms with E-state index in [1.165, 1.54) is 18.2 Å². The molecule has 2 aromatic carbocycles. The molecular weight excluding hydrogens is 613 g/mol. The van der Waals surface area contributed by atoms with Gasteiger partial charge in [0.25, 0.3) is 10.0 Å². The molecule has 1 amide bonds. The van der Waals surface area contributed by atoms with Crippen molar-refractivity contribution < 1.29 is 23.1 Å². The Labute approximate surface area is 259 Å². The molecule has 41 heavy (non-hydrogen) atoms. The van der Waals surface area contributed by atoms with Gasteiger partial charge in [-0.1, -0.05) is 12.1 Å². The predicted octanol–water partition coefficient (Wildman–Crippen LogP) is 4.34. The van der Waals surface area contributed by atoms with Gasteiger partial charge in [0.2, 0.25) is 5.91 Å². The third-order valence-electron chi connectivity index (χ3n) is 6.16. The van der Waals surface area contributed by atoms with Gasteiger partial charge in [-0.15, -0.1) is 37.2 Å². The number of benzene rings is 2. The number of aryl methyl sites for hydroxylation is 1. The van der Waals surface area contributed by atoms with E-state index in [1.807, 2.05) is 25.7 Å². The van der Waals surface area contributed by atoms with Gasteiger partial charge >= 0.3 is 5.97 Å². The number of hydrogen-bond donors (Lipinski definition) is 3. The van der Waals surface area contributed by atoms with Gasteiger partial charge in [0.1, 0.15) is 5.82 Å². The lowest BCUT2D eigenvalue weighted by Gasteiger charge is -2.35. The Morgan fingerprint density at radius 3 is 2.22 bits per heavy atom. The van der Waals surface area contributed by atoms with E-state index in [0.717, 1.165) is 5.56 Å². The summed E-state index contributed by atoms with van der Waals surface area (Å²) in [5, 5.41) is 13.2. The Bertz CT molecular complexity index is 1490. The van der Waals surface area contributed by atoms with Gasteiger partial charge in [-0.3, -0.25) is 14.4 Å². The van der Waals surface area contributed by atoms with Crippen molar-refractivity contribution in [2.75, 3.05) is 42.3 Å². The maximum atomic E-state index is 12.9. The number of aromatic carboxylic acids is 1. The van der Waals surface area contributed by atoms with E-state index in [9.17, 15) is 23.1 Å². The lowest BCUT2D eigenvalue weighted by molar-refractivity contribution is -0.123. The zero-order chi connectivity index (χ0) is 27.7. The first-order chi connectivity index (χ1) is 17.8. The fourth-order valence-corrected chi connectivity index (χ4v) is 5.56. The summed E-state index contributed by atoms with van der Waals surface area (Å²) in [5.74, 6) is -0.631. The molecule has 0 aliphatic carbocycles. The minimum absolute atomic E-state index is 0. The van der Waals surface area contributed by atoms with Gasteiger partial charge < -0.3 is 15.3 Å². The molecule has 14 heteroatoms. The molecular formula is C27H36Cl3N5O5S. The van der Waals surface area contributed by atoms with Gasteiger partial charge in [0, 0.05) is 42.8 Å². The zero-order valence-electron chi connectivity index (χ0n) is 23.2. The monoisotopic (exact) mass is 647 g/mol. The second-order valence-electron chi connectivity index (χ2n) is 10.5. The number of nitrogens with one attached hydrogen (secondary N) is 2. The molecule has 0 spiro atoms. The second kappa shape index (κ2) is 14.4. The van der Waals surface area contributed by atoms with Gasteiger partial charge in [0.05, 0.1) is 22.5 Å². The number of aromatic nitrogens is 1. The van der Waals surface area contributed by atoms with Gasteiger partial charge in [-0.25, -0.2) is 18.2 Å². The van der Waals surface area contributed by atoms with Crippen molar-refractivity contribution in [1.29, 1.82) is 0 Å². The molecule has 1 fully saturated rings. The third-order valence-corrected chi connectivity index (χ3v) is 7.53. The number of hydrogen-bond acceptors (Lipinski definition) is 7. The average Bonchev–Trinajstić information content (AvgIpc) is 2.82. The topological polar surface area (TPSA) is 132 Å². The van der Waals surface area contributed by atoms with Crippen LogP contribution in [0, 0.1) is 6.92 Å². The molecule has 3 N–H and O–H groups in total. The SMILES string of the molecule is Cc1cccc(S(=O)(=O)Nc2ccc3nc(N4CCN(CC(=O)NC(C)(C)C)CC4)cc(C(=O)O)c3c2)c1.Cl.Cl.Cl. The number of fused-ring (bicyclic) bond motifs is 1. The van der Waals surface area contributed by atoms with Crippen molar-refractivity contribution in [3.05, 3.63) is 59.7 Å². The van der Waals surface area contributed by atoms with E-state index in [2.05, 4.69) is 19.9 Å². The summed E-state index contributed by atoms with van der Waals surface area (Å²) in [6.07, 6.45) is 0. The van der Waals surface area contributed by atoms with Crippen LogP contribution in [-0.4, -0.2) is 73.5 Å². The number of rotatable bonds is 7. The highest BCUT2D eigenvalue weighted by atomic mass is 35.5. The number of carboxylic acids is 1. The number of carboxylic acid groups (broad SMARTS) is 1. The maximum Gasteiger partial charge on any atom is 0.336 e. The predicted molar refractivity (Wildman–Crippen MR) is 169 cm³/mol. The van der Waals surface area contributed by atoms with Crippen molar-refractivity contribution in [3.8, 4) is 0 Å². The van der Waals surface area contributed by atoms with Crippen molar-refractivity contribution >= 4 is 81.5 Å². The summed E-state index contributed by atoms with van der Waals surface area (Å²) in [4.78, 5) is 33.3. The standard InChI is InChI=1S/C27H33N5O5S.3ClH/c1-18-6-5-7-20(14-18)38(36,37)30-19-8-9-23-21(15-19)22(26(34)35)16-24(28-23)32-12-10-31(11-13-32)17-25(33)29-27(2,3)4;;;/h5-9,14-16,30H,10-13,17H2,1-4H3,(H,29,33)(H,34,35);3*1H. The number of nitrogens with zero attached hydrogens (tertiary/aromatic N) is 3. The van der Waals surface area contributed by atoms with Crippen LogP contribution in [0.25, 0.3) is 10.9 Å². The highest BCUT2D eigenvalue weighted by Gasteiger charge is 2.24.